The minimum absolute atomic E-state index is 0.182. The molecule has 1 aliphatic heterocycles. The number of rotatable bonds is 5. The second-order valence-corrected chi connectivity index (χ2v) is 7.85. The molecule has 0 saturated heterocycles. The molecule has 4 heterocycles. The topological polar surface area (TPSA) is 129 Å². The molecule has 5 N–H and O–H groups in total. The van der Waals surface area contributed by atoms with Crippen molar-refractivity contribution in [2.75, 3.05) is 7.05 Å². The Bertz CT molecular complexity index is 1260. The highest BCUT2D eigenvalue weighted by Gasteiger charge is 2.19. The molecule has 0 aliphatic carbocycles. The maximum atomic E-state index is 13.0. The number of hydrogen-bond donors (Lipinski definition) is 3. The number of nitrogens with zero attached hydrogens (tertiary/aromatic N) is 5. The van der Waals surface area contributed by atoms with E-state index in [2.05, 4.69) is 15.4 Å². The minimum atomic E-state index is -0.200. The van der Waals surface area contributed by atoms with Gasteiger partial charge in [0.25, 0.3) is 5.56 Å². The lowest BCUT2D eigenvalue weighted by Gasteiger charge is -2.16. The number of dihydropyridines is 1. The molecule has 3 aromatic rings. The third kappa shape index (κ3) is 3.59. The lowest BCUT2D eigenvalue weighted by atomic mass is 10.2. The summed E-state index contributed by atoms with van der Waals surface area (Å²) in [6.45, 7) is 0.200. The summed E-state index contributed by atoms with van der Waals surface area (Å²) in [7, 11) is 3.50. The maximum absolute atomic E-state index is 13.0. The fourth-order valence-corrected chi connectivity index (χ4v) is 4.42. The Morgan fingerprint density at radius 1 is 1.48 bits per heavy atom. The fraction of sp³-hybridized carbons (Fsp3) is 0.263. The molecule has 29 heavy (non-hydrogen) atoms. The molecule has 0 saturated carbocycles. The first-order chi connectivity index (χ1) is 14.0. The van der Waals surface area contributed by atoms with Crippen LogP contribution in [-0.4, -0.2) is 38.8 Å². The SMILES string of the molecule is CN=CC=C(N)Cn1ncc2c3sc(CC4=CC=CC(N)N4)nc3n(C)c2c1=O. The first-order valence-corrected chi connectivity index (χ1v) is 9.89. The van der Waals surface area contributed by atoms with Crippen molar-refractivity contribution < 1.29 is 0 Å². The van der Waals surface area contributed by atoms with E-state index in [1.807, 2.05) is 29.8 Å². The van der Waals surface area contributed by atoms with Crippen molar-refractivity contribution in [1.82, 2.24) is 24.6 Å². The van der Waals surface area contributed by atoms with Gasteiger partial charge in [-0.3, -0.25) is 9.79 Å². The number of aryl methyl sites for hydroxylation is 1. The van der Waals surface area contributed by atoms with Crippen LogP contribution < -0.4 is 22.3 Å². The molecular weight excluding hydrogens is 388 g/mol. The van der Waals surface area contributed by atoms with E-state index in [4.69, 9.17) is 16.5 Å². The molecule has 150 valence electrons. The summed E-state index contributed by atoms with van der Waals surface area (Å²) in [4.78, 5) is 21.6. The molecule has 9 nitrogen and oxygen atoms in total. The number of thiazole rings is 1. The Balaban J connectivity index is 1.71. The molecule has 0 radical (unpaired) electrons. The van der Waals surface area contributed by atoms with Crippen LogP contribution in [0.2, 0.25) is 0 Å². The Labute approximate surface area is 170 Å². The van der Waals surface area contributed by atoms with Gasteiger partial charge < -0.3 is 21.4 Å². The van der Waals surface area contributed by atoms with E-state index in [-0.39, 0.29) is 18.3 Å². The minimum Gasteiger partial charge on any atom is -0.400 e. The second-order valence-electron chi connectivity index (χ2n) is 6.76. The fourth-order valence-electron chi connectivity index (χ4n) is 3.29. The number of hydrogen-bond acceptors (Lipinski definition) is 8. The molecule has 0 fully saturated rings. The Kier molecular flexibility index (Phi) is 5.03. The van der Waals surface area contributed by atoms with E-state index in [1.54, 1.807) is 36.9 Å². The number of aromatic nitrogens is 4. The van der Waals surface area contributed by atoms with Crippen LogP contribution in [0.25, 0.3) is 21.3 Å². The molecule has 3 aromatic heterocycles. The quantitative estimate of drug-likeness (QED) is 0.533. The van der Waals surface area contributed by atoms with E-state index >= 15 is 0 Å². The van der Waals surface area contributed by atoms with Gasteiger partial charge in [0.1, 0.15) is 10.5 Å². The summed E-state index contributed by atoms with van der Waals surface area (Å²) in [6.07, 6.45) is 11.3. The second kappa shape index (κ2) is 7.64. The summed E-state index contributed by atoms with van der Waals surface area (Å²) in [5, 5.41) is 9.28. The molecule has 1 aliphatic rings. The van der Waals surface area contributed by atoms with Crippen LogP contribution in [0.3, 0.4) is 0 Å². The number of aliphatic imine (C=N–C) groups is 1. The van der Waals surface area contributed by atoms with Gasteiger partial charge in [0, 0.05) is 43.5 Å². The lowest BCUT2D eigenvalue weighted by molar-refractivity contribution is 0.632. The van der Waals surface area contributed by atoms with Crippen LogP contribution in [0.5, 0.6) is 0 Å². The van der Waals surface area contributed by atoms with E-state index in [0.717, 1.165) is 26.4 Å². The number of fused-ring (bicyclic) bond motifs is 3. The molecule has 0 spiro atoms. The van der Waals surface area contributed by atoms with Crippen LogP contribution in [-0.2, 0) is 20.0 Å². The average Bonchev–Trinajstić information content (AvgIpc) is 3.21. The highest BCUT2D eigenvalue weighted by Crippen LogP contribution is 2.31. The lowest BCUT2D eigenvalue weighted by Crippen LogP contribution is -2.36. The van der Waals surface area contributed by atoms with Gasteiger partial charge in [-0.1, -0.05) is 6.08 Å². The molecule has 10 heteroatoms. The summed E-state index contributed by atoms with van der Waals surface area (Å²) in [5.74, 6) is 0. The Morgan fingerprint density at radius 2 is 2.31 bits per heavy atom. The standard InChI is InChI=1S/C19H22N8OS/c1-22-7-6-11(20)10-27-19(28)16-13(9-23-27)17-18(26(16)2)25-15(29-17)8-12-4-3-5-14(21)24-12/h3-7,9,14,24H,8,10,20-21H2,1-2H3. The predicted molar refractivity (Wildman–Crippen MR) is 117 cm³/mol. The average molecular weight is 411 g/mol. The molecule has 1 unspecified atom stereocenters. The normalized spacial score (nSPS) is 17.4. The summed E-state index contributed by atoms with van der Waals surface area (Å²) in [5.41, 5.74) is 14.5. The molecule has 0 bridgehead atoms. The van der Waals surface area contributed by atoms with Crippen molar-refractivity contribution in [3.05, 3.63) is 57.3 Å². The predicted octanol–water partition coefficient (Wildman–Crippen LogP) is 0.759. The largest absolute Gasteiger partial charge is 0.400 e. The highest BCUT2D eigenvalue weighted by atomic mass is 32.1. The van der Waals surface area contributed by atoms with Crippen molar-refractivity contribution in [1.29, 1.82) is 0 Å². The first-order valence-electron chi connectivity index (χ1n) is 9.08. The van der Waals surface area contributed by atoms with Crippen molar-refractivity contribution in [3.63, 3.8) is 0 Å². The van der Waals surface area contributed by atoms with Gasteiger partial charge in [0.15, 0.2) is 5.65 Å². The molecular formula is C19H22N8OS. The van der Waals surface area contributed by atoms with E-state index in [0.29, 0.717) is 17.6 Å². The molecule has 0 amide bonds. The highest BCUT2D eigenvalue weighted by molar-refractivity contribution is 7.19. The van der Waals surface area contributed by atoms with Gasteiger partial charge in [-0.25, -0.2) is 9.67 Å². The first kappa shape index (κ1) is 19.1. The number of nitrogens with one attached hydrogen (secondary N) is 1. The van der Waals surface area contributed by atoms with Crippen molar-refractivity contribution in [3.8, 4) is 0 Å². The van der Waals surface area contributed by atoms with Gasteiger partial charge in [0.05, 0.1) is 23.6 Å². The Hall–Kier alpha value is -3.24. The summed E-state index contributed by atoms with van der Waals surface area (Å²) in [6, 6.07) is 0. The van der Waals surface area contributed by atoms with Gasteiger partial charge in [0.2, 0.25) is 0 Å². The molecule has 1 atom stereocenters. The zero-order chi connectivity index (χ0) is 20.5. The van der Waals surface area contributed by atoms with Gasteiger partial charge in [-0.15, -0.1) is 11.3 Å². The van der Waals surface area contributed by atoms with Crippen LogP contribution in [0.4, 0.5) is 0 Å². The van der Waals surface area contributed by atoms with Crippen LogP contribution >= 0.6 is 11.3 Å². The van der Waals surface area contributed by atoms with Gasteiger partial charge in [-0.05, 0) is 18.2 Å². The van der Waals surface area contributed by atoms with Crippen molar-refractivity contribution in [2.24, 2.45) is 23.5 Å². The van der Waals surface area contributed by atoms with Gasteiger partial charge >= 0.3 is 0 Å². The zero-order valence-electron chi connectivity index (χ0n) is 16.2. The zero-order valence-corrected chi connectivity index (χ0v) is 17.0. The monoisotopic (exact) mass is 410 g/mol. The summed E-state index contributed by atoms with van der Waals surface area (Å²) >= 11 is 1.56. The summed E-state index contributed by atoms with van der Waals surface area (Å²) < 4.78 is 4.13. The maximum Gasteiger partial charge on any atom is 0.291 e. The Morgan fingerprint density at radius 3 is 3.07 bits per heavy atom. The number of nitrogens with two attached hydrogens (primary N) is 2. The molecule has 0 aromatic carbocycles. The van der Waals surface area contributed by atoms with E-state index in [1.165, 1.54) is 4.68 Å². The van der Waals surface area contributed by atoms with Gasteiger partial charge in [-0.2, -0.15) is 5.10 Å². The van der Waals surface area contributed by atoms with Crippen LogP contribution in [0.1, 0.15) is 5.01 Å². The van der Waals surface area contributed by atoms with Crippen LogP contribution in [0, 0.1) is 0 Å². The third-order valence-electron chi connectivity index (χ3n) is 4.65. The van der Waals surface area contributed by atoms with E-state index in [9.17, 15) is 4.79 Å². The van der Waals surface area contributed by atoms with Crippen molar-refractivity contribution in [2.45, 2.75) is 19.1 Å². The number of allylic oxidation sites excluding steroid dienone is 5. The van der Waals surface area contributed by atoms with E-state index < -0.39 is 0 Å². The van der Waals surface area contributed by atoms with Crippen LogP contribution in [0.15, 0.2) is 51.7 Å². The third-order valence-corrected chi connectivity index (χ3v) is 5.73. The van der Waals surface area contributed by atoms with Crippen molar-refractivity contribution >= 4 is 38.8 Å². The molecule has 4 rings (SSSR count). The smallest absolute Gasteiger partial charge is 0.291 e.